The molecule has 124 valence electrons. The Hall–Kier alpha value is -2.82. The normalized spacial score (nSPS) is 14.6. The number of hydrogen-bond donors (Lipinski definition) is 2. The lowest BCUT2D eigenvalue weighted by Crippen LogP contribution is -2.44. The van der Waals surface area contributed by atoms with Crippen LogP contribution in [0.2, 0.25) is 0 Å². The van der Waals surface area contributed by atoms with Crippen molar-refractivity contribution in [3.8, 4) is 0 Å². The Morgan fingerprint density at radius 1 is 1.12 bits per heavy atom. The van der Waals surface area contributed by atoms with E-state index in [2.05, 4.69) is 22.3 Å². The maximum absolute atomic E-state index is 12.6. The van der Waals surface area contributed by atoms with Gasteiger partial charge in [-0.1, -0.05) is 18.2 Å². The van der Waals surface area contributed by atoms with E-state index < -0.39 is 5.91 Å². The zero-order chi connectivity index (χ0) is 17.1. The summed E-state index contributed by atoms with van der Waals surface area (Å²) in [5, 5.41) is 2.90. The van der Waals surface area contributed by atoms with Gasteiger partial charge in [-0.25, -0.2) is 0 Å². The summed E-state index contributed by atoms with van der Waals surface area (Å²) in [6.07, 6.45) is 2.09. The molecule has 1 aliphatic heterocycles. The fourth-order valence-electron chi connectivity index (χ4n) is 3.07. The molecular weight excluding hydrogens is 302 g/mol. The van der Waals surface area contributed by atoms with E-state index in [9.17, 15) is 9.59 Å². The first-order valence-electron chi connectivity index (χ1n) is 8.11. The van der Waals surface area contributed by atoms with Crippen LogP contribution >= 0.6 is 0 Å². The molecular formula is C19H21N3O2. The third-order valence-corrected chi connectivity index (χ3v) is 4.43. The molecule has 5 heteroatoms. The highest BCUT2D eigenvalue weighted by Gasteiger charge is 2.25. The molecule has 0 aromatic heterocycles. The van der Waals surface area contributed by atoms with Crippen LogP contribution in [0.5, 0.6) is 0 Å². The lowest BCUT2D eigenvalue weighted by molar-refractivity contribution is -0.117. The van der Waals surface area contributed by atoms with Gasteiger partial charge in [0.25, 0.3) is 0 Å². The summed E-state index contributed by atoms with van der Waals surface area (Å²) in [5.41, 5.74) is 8.72. The van der Waals surface area contributed by atoms with Gasteiger partial charge in [0.2, 0.25) is 11.8 Å². The van der Waals surface area contributed by atoms with Crippen molar-refractivity contribution in [1.29, 1.82) is 0 Å². The Morgan fingerprint density at radius 2 is 1.83 bits per heavy atom. The fraction of sp³-hybridized carbons (Fsp3) is 0.263. The highest BCUT2D eigenvalue weighted by Crippen LogP contribution is 2.28. The van der Waals surface area contributed by atoms with Crippen LogP contribution < -0.4 is 16.0 Å². The molecule has 0 fully saturated rings. The van der Waals surface area contributed by atoms with Gasteiger partial charge in [0.05, 0.1) is 0 Å². The summed E-state index contributed by atoms with van der Waals surface area (Å²) in [6.45, 7) is 2.78. The molecule has 2 amide bonds. The molecule has 2 aromatic carbocycles. The Labute approximate surface area is 141 Å². The van der Waals surface area contributed by atoms with E-state index in [4.69, 9.17) is 5.73 Å². The molecule has 0 aliphatic carbocycles. The summed E-state index contributed by atoms with van der Waals surface area (Å²) < 4.78 is 0. The van der Waals surface area contributed by atoms with E-state index in [1.54, 1.807) is 24.3 Å². The molecule has 0 spiro atoms. The Balaban J connectivity index is 1.72. The predicted molar refractivity (Wildman–Crippen MR) is 95.2 cm³/mol. The van der Waals surface area contributed by atoms with Crippen LogP contribution in [0.3, 0.4) is 0 Å². The van der Waals surface area contributed by atoms with Crippen LogP contribution in [0.1, 0.15) is 29.3 Å². The summed E-state index contributed by atoms with van der Waals surface area (Å²) in [6, 6.07) is 14.6. The third-order valence-electron chi connectivity index (χ3n) is 4.43. The van der Waals surface area contributed by atoms with E-state index in [0.717, 1.165) is 25.1 Å². The van der Waals surface area contributed by atoms with Crippen LogP contribution in [0.25, 0.3) is 0 Å². The number of aryl methyl sites for hydroxylation is 1. The van der Waals surface area contributed by atoms with Gasteiger partial charge in [0.15, 0.2) is 0 Å². The third kappa shape index (κ3) is 3.25. The van der Waals surface area contributed by atoms with Crippen molar-refractivity contribution < 1.29 is 9.59 Å². The molecule has 24 heavy (non-hydrogen) atoms. The summed E-state index contributed by atoms with van der Waals surface area (Å²) in [5.74, 6) is -0.551. The number of nitrogens with one attached hydrogen (secondary N) is 1. The van der Waals surface area contributed by atoms with Gasteiger partial charge in [-0.15, -0.1) is 0 Å². The Morgan fingerprint density at radius 3 is 2.54 bits per heavy atom. The second kappa shape index (κ2) is 6.74. The number of hydrogen-bond acceptors (Lipinski definition) is 3. The van der Waals surface area contributed by atoms with Gasteiger partial charge in [-0.05, 0) is 55.7 Å². The molecule has 1 unspecified atom stereocenters. The van der Waals surface area contributed by atoms with Gasteiger partial charge in [-0.3, -0.25) is 9.59 Å². The van der Waals surface area contributed by atoms with E-state index in [0.29, 0.717) is 11.3 Å². The lowest BCUT2D eigenvalue weighted by Gasteiger charge is -2.35. The number of nitrogens with zero attached hydrogens (tertiary/aromatic N) is 1. The van der Waals surface area contributed by atoms with Crippen molar-refractivity contribution in [2.24, 2.45) is 5.73 Å². The first-order valence-corrected chi connectivity index (χ1v) is 8.11. The van der Waals surface area contributed by atoms with E-state index in [1.807, 2.05) is 19.1 Å². The van der Waals surface area contributed by atoms with Crippen LogP contribution in [-0.2, 0) is 11.2 Å². The van der Waals surface area contributed by atoms with Gasteiger partial charge in [-0.2, -0.15) is 0 Å². The number of anilines is 2. The monoisotopic (exact) mass is 323 g/mol. The molecule has 0 saturated heterocycles. The first kappa shape index (κ1) is 16.1. The number of rotatable bonds is 4. The molecule has 3 N–H and O–H groups in total. The number of nitrogens with two attached hydrogens (primary N) is 1. The summed E-state index contributed by atoms with van der Waals surface area (Å²) in [7, 11) is 0. The molecule has 3 rings (SSSR count). The SMILES string of the molecule is CC(C(=O)Nc1ccc(C(N)=O)cc1)N1CCCc2ccccc21. The van der Waals surface area contributed by atoms with E-state index >= 15 is 0 Å². The number of carbonyl (C=O) groups excluding carboxylic acids is 2. The maximum Gasteiger partial charge on any atom is 0.248 e. The van der Waals surface area contributed by atoms with Crippen LogP contribution in [-0.4, -0.2) is 24.4 Å². The molecule has 0 radical (unpaired) electrons. The summed E-state index contributed by atoms with van der Waals surface area (Å²) in [4.78, 5) is 25.8. The highest BCUT2D eigenvalue weighted by molar-refractivity contribution is 5.98. The first-order chi connectivity index (χ1) is 11.6. The largest absolute Gasteiger partial charge is 0.366 e. The molecule has 0 saturated carbocycles. The van der Waals surface area contributed by atoms with Crippen LogP contribution in [0.15, 0.2) is 48.5 Å². The number of carbonyl (C=O) groups is 2. The number of primary amides is 1. The van der Waals surface area contributed by atoms with Crippen molar-refractivity contribution in [2.45, 2.75) is 25.8 Å². The van der Waals surface area contributed by atoms with Crippen molar-refractivity contribution in [3.63, 3.8) is 0 Å². The topological polar surface area (TPSA) is 75.4 Å². The summed E-state index contributed by atoms with van der Waals surface area (Å²) >= 11 is 0. The fourth-order valence-corrected chi connectivity index (χ4v) is 3.07. The van der Waals surface area contributed by atoms with Gasteiger partial charge >= 0.3 is 0 Å². The zero-order valence-electron chi connectivity index (χ0n) is 13.7. The second-order valence-corrected chi connectivity index (χ2v) is 6.03. The Bertz CT molecular complexity index is 755. The average molecular weight is 323 g/mol. The predicted octanol–water partition coefficient (Wildman–Crippen LogP) is 2.57. The molecule has 1 heterocycles. The minimum absolute atomic E-state index is 0.0708. The van der Waals surface area contributed by atoms with Crippen molar-refractivity contribution in [1.82, 2.24) is 0 Å². The molecule has 1 atom stereocenters. The van der Waals surface area contributed by atoms with Gasteiger partial charge in [0.1, 0.15) is 6.04 Å². The van der Waals surface area contributed by atoms with Gasteiger partial charge in [0, 0.05) is 23.5 Å². The van der Waals surface area contributed by atoms with Gasteiger partial charge < -0.3 is 16.0 Å². The minimum Gasteiger partial charge on any atom is -0.366 e. The maximum atomic E-state index is 12.6. The van der Waals surface area contributed by atoms with Crippen LogP contribution in [0.4, 0.5) is 11.4 Å². The standard InChI is InChI=1S/C19H21N3O2/c1-13(22-12-4-6-14-5-2-3-7-17(14)22)19(24)21-16-10-8-15(9-11-16)18(20)23/h2-3,5,7-11,13H,4,6,12H2,1H3,(H2,20,23)(H,21,24). The quantitative estimate of drug-likeness (QED) is 0.908. The number of fused-ring (bicyclic) bond motifs is 1. The molecule has 0 bridgehead atoms. The zero-order valence-corrected chi connectivity index (χ0v) is 13.7. The highest BCUT2D eigenvalue weighted by atomic mass is 16.2. The lowest BCUT2D eigenvalue weighted by atomic mass is 10.00. The average Bonchev–Trinajstić information content (AvgIpc) is 2.61. The number of benzene rings is 2. The molecule has 5 nitrogen and oxygen atoms in total. The second-order valence-electron chi connectivity index (χ2n) is 6.03. The number of amides is 2. The Kier molecular flexibility index (Phi) is 4.51. The van der Waals surface area contributed by atoms with E-state index in [1.165, 1.54) is 5.56 Å². The smallest absolute Gasteiger partial charge is 0.248 e. The molecule has 1 aliphatic rings. The van der Waals surface area contributed by atoms with E-state index in [-0.39, 0.29) is 11.9 Å². The van der Waals surface area contributed by atoms with Crippen molar-refractivity contribution >= 4 is 23.2 Å². The van der Waals surface area contributed by atoms with Crippen molar-refractivity contribution in [2.75, 3.05) is 16.8 Å². The van der Waals surface area contributed by atoms with Crippen LogP contribution in [0, 0.1) is 0 Å². The molecule has 2 aromatic rings. The van der Waals surface area contributed by atoms with Crippen molar-refractivity contribution in [3.05, 3.63) is 59.7 Å². The minimum atomic E-state index is -0.480. The number of para-hydroxylation sites is 1.